The second kappa shape index (κ2) is 5.42. The van der Waals surface area contributed by atoms with Gasteiger partial charge in [0.25, 0.3) is 5.91 Å². The molecular formula is C14H16N4O2. The molecule has 1 N–H and O–H groups in total. The summed E-state index contributed by atoms with van der Waals surface area (Å²) in [4.78, 5) is 14.0. The maximum atomic E-state index is 12.4. The highest BCUT2D eigenvalue weighted by atomic mass is 16.3. The van der Waals surface area contributed by atoms with Crippen molar-refractivity contribution < 1.29 is 9.90 Å². The number of nitrogens with zero attached hydrogens (tertiary/aromatic N) is 4. The number of aromatic nitrogens is 3. The zero-order valence-electron chi connectivity index (χ0n) is 11.0. The molecule has 0 radical (unpaired) electrons. The third-order valence-corrected chi connectivity index (χ3v) is 3.58. The quantitative estimate of drug-likeness (QED) is 0.899. The molecule has 1 aliphatic rings. The molecule has 0 bridgehead atoms. The monoisotopic (exact) mass is 272 g/mol. The summed E-state index contributed by atoms with van der Waals surface area (Å²) in [5.74, 6) is -0.163. The summed E-state index contributed by atoms with van der Waals surface area (Å²) in [7, 11) is 0. The Morgan fingerprint density at radius 1 is 1.35 bits per heavy atom. The number of amides is 1. The molecule has 104 valence electrons. The fourth-order valence-electron chi connectivity index (χ4n) is 2.51. The zero-order valence-corrected chi connectivity index (χ0v) is 11.0. The van der Waals surface area contributed by atoms with E-state index in [9.17, 15) is 9.90 Å². The Bertz CT molecular complexity index is 596. The summed E-state index contributed by atoms with van der Waals surface area (Å²) in [6, 6.07) is 9.43. The van der Waals surface area contributed by atoms with Gasteiger partial charge in [-0.05, 0) is 25.0 Å². The van der Waals surface area contributed by atoms with Gasteiger partial charge in [0.1, 0.15) is 0 Å². The number of rotatable bonds is 3. The number of likely N-dealkylation sites (tertiary alicyclic amines) is 1. The van der Waals surface area contributed by atoms with Crippen molar-refractivity contribution >= 4 is 5.91 Å². The summed E-state index contributed by atoms with van der Waals surface area (Å²) in [6.45, 7) is 0.667. The van der Waals surface area contributed by atoms with E-state index in [2.05, 4.69) is 10.3 Å². The molecule has 0 saturated carbocycles. The summed E-state index contributed by atoms with van der Waals surface area (Å²) in [5, 5.41) is 17.2. The summed E-state index contributed by atoms with van der Waals surface area (Å²) < 4.78 is 1.58. The molecule has 0 unspecified atom stereocenters. The molecular weight excluding hydrogens is 256 g/mol. The van der Waals surface area contributed by atoms with Gasteiger partial charge in [-0.25, -0.2) is 4.68 Å². The van der Waals surface area contributed by atoms with Gasteiger partial charge in [-0.15, -0.1) is 5.10 Å². The number of aliphatic hydroxyl groups excluding tert-OH is 1. The Kier molecular flexibility index (Phi) is 3.47. The van der Waals surface area contributed by atoms with Crippen LogP contribution < -0.4 is 0 Å². The van der Waals surface area contributed by atoms with Gasteiger partial charge >= 0.3 is 0 Å². The topological polar surface area (TPSA) is 71.2 Å². The maximum Gasteiger partial charge on any atom is 0.276 e. The molecule has 0 aliphatic carbocycles. The molecule has 1 amide bonds. The first kappa shape index (κ1) is 12.8. The van der Waals surface area contributed by atoms with Gasteiger partial charge in [0.15, 0.2) is 5.69 Å². The zero-order chi connectivity index (χ0) is 13.9. The smallest absolute Gasteiger partial charge is 0.276 e. The molecule has 1 aromatic heterocycles. The van der Waals surface area contributed by atoms with E-state index in [0.717, 1.165) is 18.5 Å². The lowest BCUT2D eigenvalue weighted by Crippen LogP contribution is -2.37. The lowest BCUT2D eigenvalue weighted by Gasteiger charge is -2.21. The van der Waals surface area contributed by atoms with Crippen LogP contribution in [0.2, 0.25) is 0 Å². The number of aliphatic hydroxyl groups is 1. The van der Waals surface area contributed by atoms with Crippen LogP contribution in [0.1, 0.15) is 23.3 Å². The number of para-hydroxylation sites is 1. The van der Waals surface area contributed by atoms with E-state index in [1.807, 2.05) is 30.3 Å². The SMILES string of the molecule is O=C(c1cn(-c2ccccc2)nn1)N1CCC[C@H]1CO. The minimum atomic E-state index is -0.163. The fraction of sp³-hybridized carbons (Fsp3) is 0.357. The standard InChI is InChI=1S/C14H16N4O2/c19-10-12-7-4-8-17(12)14(20)13-9-18(16-15-13)11-5-2-1-3-6-11/h1-3,5-6,9,12,19H,4,7-8,10H2/t12-/m0/s1. The summed E-state index contributed by atoms with van der Waals surface area (Å²) >= 11 is 0. The first-order valence-corrected chi connectivity index (χ1v) is 6.69. The minimum absolute atomic E-state index is 0.00143. The Morgan fingerprint density at radius 2 is 2.15 bits per heavy atom. The molecule has 1 aromatic carbocycles. The normalized spacial score (nSPS) is 18.4. The van der Waals surface area contributed by atoms with Crippen molar-refractivity contribution in [1.82, 2.24) is 19.9 Å². The number of carbonyl (C=O) groups excluding carboxylic acids is 1. The van der Waals surface area contributed by atoms with E-state index in [1.165, 1.54) is 0 Å². The molecule has 6 heteroatoms. The van der Waals surface area contributed by atoms with Gasteiger partial charge in [0.05, 0.1) is 24.5 Å². The van der Waals surface area contributed by atoms with Gasteiger partial charge in [-0.3, -0.25) is 4.79 Å². The highest BCUT2D eigenvalue weighted by molar-refractivity contribution is 5.92. The molecule has 3 rings (SSSR count). The Morgan fingerprint density at radius 3 is 2.90 bits per heavy atom. The van der Waals surface area contributed by atoms with Gasteiger partial charge in [0.2, 0.25) is 0 Å². The number of hydrogen-bond donors (Lipinski definition) is 1. The Labute approximate surface area is 116 Å². The van der Waals surface area contributed by atoms with Crippen LogP contribution in [0.3, 0.4) is 0 Å². The average molecular weight is 272 g/mol. The van der Waals surface area contributed by atoms with Crippen molar-refractivity contribution in [2.75, 3.05) is 13.2 Å². The van der Waals surface area contributed by atoms with Gasteiger partial charge in [0, 0.05) is 6.54 Å². The van der Waals surface area contributed by atoms with Crippen LogP contribution in [0.25, 0.3) is 5.69 Å². The molecule has 6 nitrogen and oxygen atoms in total. The van der Waals surface area contributed by atoms with E-state index in [-0.39, 0.29) is 18.6 Å². The average Bonchev–Trinajstić information content (AvgIpc) is 3.16. The van der Waals surface area contributed by atoms with Gasteiger partial charge < -0.3 is 10.0 Å². The third-order valence-electron chi connectivity index (χ3n) is 3.58. The van der Waals surface area contributed by atoms with Gasteiger partial charge in [-0.2, -0.15) is 0 Å². The second-order valence-corrected chi connectivity index (χ2v) is 4.86. The molecule has 20 heavy (non-hydrogen) atoms. The van der Waals surface area contributed by atoms with Crippen LogP contribution in [0.5, 0.6) is 0 Å². The van der Waals surface area contributed by atoms with Crippen molar-refractivity contribution in [2.45, 2.75) is 18.9 Å². The number of benzene rings is 1. The first-order chi connectivity index (χ1) is 9.79. The van der Waals surface area contributed by atoms with E-state index >= 15 is 0 Å². The minimum Gasteiger partial charge on any atom is -0.394 e. The molecule has 0 spiro atoms. The Balaban J connectivity index is 1.82. The fourth-order valence-corrected chi connectivity index (χ4v) is 2.51. The van der Waals surface area contributed by atoms with Crippen molar-refractivity contribution in [3.8, 4) is 5.69 Å². The highest BCUT2D eigenvalue weighted by Crippen LogP contribution is 2.19. The predicted molar refractivity (Wildman–Crippen MR) is 72.5 cm³/mol. The third kappa shape index (κ3) is 2.30. The highest BCUT2D eigenvalue weighted by Gasteiger charge is 2.30. The van der Waals surface area contributed by atoms with Crippen molar-refractivity contribution in [3.05, 3.63) is 42.2 Å². The van der Waals surface area contributed by atoms with E-state index < -0.39 is 0 Å². The lowest BCUT2D eigenvalue weighted by atomic mass is 10.2. The van der Waals surface area contributed by atoms with E-state index in [4.69, 9.17) is 0 Å². The molecule has 1 atom stereocenters. The molecule has 1 aliphatic heterocycles. The lowest BCUT2D eigenvalue weighted by molar-refractivity contribution is 0.0671. The number of hydrogen-bond acceptors (Lipinski definition) is 4. The van der Waals surface area contributed by atoms with Crippen molar-refractivity contribution in [2.24, 2.45) is 0 Å². The van der Waals surface area contributed by atoms with E-state index in [1.54, 1.807) is 15.8 Å². The molecule has 2 heterocycles. The Hall–Kier alpha value is -2.21. The van der Waals surface area contributed by atoms with Crippen molar-refractivity contribution in [1.29, 1.82) is 0 Å². The van der Waals surface area contributed by atoms with Crippen molar-refractivity contribution in [3.63, 3.8) is 0 Å². The molecule has 1 saturated heterocycles. The van der Waals surface area contributed by atoms with Crippen LogP contribution in [-0.2, 0) is 0 Å². The van der Waals surface area contributed by atoms with Crippen LogP contribution in [0.4, 0.5) is 0 Å². The first-order valence-electron chi connectivity index (χ1n) is 6.69. The van der Waals surface area contributed by atoms with Crippen LogP contribution in [0, 0.1) is 0 Å². The predicted octanol–water partition coefficient (Wildman–Crippen LogP) is 0.864. The molecule has 1 fully saturated rings. The largest absolute Gasteiger partial charge is 0.394 e. The van der Waals surface area contributed by atoms with Crippen LogP contribution in [-0.4, -0.2) is 50.1 Å². The van der Waals surface area contributed by atoms with Gasteiger partial charge in [-0.1, -0.05) is 23.4 Å². The number of carbonyl (C=O) groups is 1. The molecule has 2 aromatic rings. The van der Waals surface area contributed by atoms with Crippen LogP contribution in [0.15, 0.2) is 36.5 Å². The summed E-state index contributed by atoms with van der Waals surface area (Å²) in [6.07, 6.45) is 3.39. The van der Waals surface area contributed by atoms with E-state index in [0.29, 0.717) is 12.2 Å². The maximum absolute atomic E-state index is 12.4. The van der Waals surface area contributed by atoms with Crippen LogP contribution >= 0.6 is 0 Å². The summed E-state index contributed by atoms with van der Waals surface area (Å²) in [5.41, 5.74) is 1.17. The second-order valence-electron chi connectivity index (χ2n) is 4.86.